The average Bonchev–Trinajstić information content (AvgIpc) is 1.96. The molecule has 0 aromatic heterocycles. The minimum absolute atomic E-state index is 0.233. The van der Waals surface area contributed by atoms with E-state index < -0.39 is 31.4 Å². The van der Waals surface area contributed by atoms with Crippen molar-refractivity contribution in [3.8, 4) is 0 Å². The van der Waals surface area contributed by atoms with Gasteiger partial charge in [-0.25, -0.2) is 0 Å². The molecule has 0 saturated carbocycles. The maximum atomic E-state index is 12.0. The third-order valence-electron chi connectivity index (χ3n) is 1.77. The van der Waals surface area contributed by atoms with Crippen molar-refractivity contribution in [1.82, 2.24) is 4.90 Å². The van der Waals surface area contributed by atoms with Crippen LogP contribution in [0, 0.1) is 5.92 Å². The maximum absolute atomic E-state index is 12.0. The number of aliphatic hydroxyl groups excluding tert-OH is 1. The molecule has 0 radical (unpaired) electrons. The second-order valence-electron chi connectivity index (χ2n) is 3.12. The van der Waals surface area contributed by atoms with Crippen LogP contribution in [0.4, 0.5) is 26.3 Å². The summed E-state index contributed by atoms with van der Waals surface area (Å²) in [5.74, 6) is -3.37. The third kappa shape index (κ3) is 5.22. The summed E-state index contributed by atoms with van der Waals surface area (Å²) in [5.41, 5.74) is 0. The van der Waals surface area contributed by atoms with Crippen molar-refractivity contribution in [2.45, 2.75) is 12.4 Å². The van der Waals surface area contributed by atoms with Crippen molar-refractivity contribution >= 4 is 0 Å². The van der Waals surface area contributed by atoms with Crippen LogP contribution in [0.1, 0.15) is 0 Å². The molecule has 0 aromatic carbocycles. The zero-order valence-electron chi connectivity index (χ0n) is 7.86. The van der Waals surface area contributed by atoms with Crippen LogP contribution in [0.25, 0.3) is 0 Å². The van der Waals surface area contributed by atoms with Crippen LogP contribution in [0.15, 0.2) is 0 Å². The van der Waals surface area contributed by atoms with E-state index in [0.717, 1.165) is 11.9 Å². The highest BCUT2D eigenvalue weighted by Crippen LogP contribution is 2.39. The van der Waals surface area contributed by atoms with E-state index in [4.69, 9.17) is 5.11 Å². The second-order valence-corrected chi connectivity index (χ2v) is 3.12. The van der Waals surface area contributed by atoms with E-state index in [1.54, 1.807) is 0 Å². The molecule has 0 fully saturated rings. The summed E-state index contributed by atoms with van der Waals surface area (Å²) >= 11 is 0. The zero-order chi connectivity index (χ0) is 12.3. The topological polar surface area (TPSA) is 23.5 Å². The number of rotatable bonds is 4. The summed E-state index contributed by atoms with van der Waals surface area (Å²) in [6, 6.07) is 0. The molecule has 0 rings (SSSR count). The molecular weight excluding hydrogens is 228 g/mol. The van der Waals surface area contributed by atoms with Gasteiger partial charge in [0.05, 0.1) is 6.61 Å². The van der Waals surface area contributed by atoms with E-state index >= 15 is 0 Å². The quantitative estimate of drug-likeness (QED) is 0.754. The number of hydrogen-bond acceptors (Lipinski definition) is 2. The zero-order valence-corrected chi connectivity index (χ0v) is 7.86. The molecule has 0 bridgehead atoms. The predicted octanol–water partition coefficient (Wildman–Crippen LogP) is 1.65. The molecule has 0 saturated heterocycles. The molecule has 92 valence electrons. The van der Waals surface area contributed by atoms with Gasteiger partial charge in [-0.15, -0.1) is 0 Å². The standard InChI is InChI=1S/C7H11F6NO/c1-14(2-3-15)4-5(6(8,9)10)7(11,12)13/h5,15H,2-4H2,1H3. The van der Waals surface area contributed by atoms with Crippen molar-refractivity contribution in [2.24, 2.45) is 5.92 Å². The molecule has 2 nitrogen and oxygen atoms in total. The van der Waals surface area contributed by atoms with E-state index in [-0.39, 0.29) is 6.54 Å². The Morgan fingerprint density at radius 1 is 1.07 bits per heavy atom. The van der Waals surface area contributed by atoms with Crippen LogP contribution in [-0.2, 0) is 0 Å². The largest absolute Gasteiger partial charge is 0.401 e. The van der Waals surface area contributed by atoms with Crippen LogP contribution >= 0.6 is 0 Å². The lowest BCUT2D eigenvalue weighted by molar-refractivity contribution is -0.286. The fourth-order valence-electron chi connectivity index (χ4n) is 0.966. The van der Waals surface area contributed by atoms with Gasteiger partial charge < -0.3 is 10.0 Å². The lowest BCUT2D eigenvalue weighted by Gasteiger charge is -2.27. The fourth-order valence-corrected chi connectivity index (χ4v) is 0.966. The highest BCUT2D eigenvalue weighted by molar-refractivity contribution is 4.77. The highest BCUT2D eigenvalue weighted by atomic mass is 19.4. The van der Waals surface area contributed by atoms with Gasteiger partial charge in [-0.1, -0.05) is 0 Å². The number of hydrogen-bond donors (Lipinski definition) is 1. The molecule has 0 atom stereocenters. The highest BCUT2D eigenvalue weighted by Gasteiger charge is 2.56. The van der Waals surface area contributed by atoms with Gasteiger partial charge >= 0.3 is 12.4 Å². The summed E-state index contributed by atoms with van der Waals surface area (Å²) in [5, 5.41) is 8.35. The second kappa shape index (κ2) is 5.02. The Morgan fingerprint density at radius 2 is 1.47 bits per heavy atom. The summed E-state index contributed by atoms with van der Waals surface area (Å²) in [4.78, 5) is 0.783. The summed E-state index contributed by atoms with van der Waals surface area (Å²) in [7, 11) is 1.08. The molecule has 0 aliphatic heterocycles. The van der Waals surface area contributed by atoms with Gasteiger partial charge in [0.1, 0.15) is 0 Å². The van der Waals surface area contributed by atoms with E-state index in [1.807, 2.05) is 0 Å². The van der Waals surface area contributed by atoms with E-state index in [2.05, 4.69) is 0 Å². The van der Waals surface area contributed by atoms with Crippen LogP contribution in [0.5, 0.6) is 0 Å². The minimum Gasteiger partial charge on any atom is -0.395 e. The molecule has 0 amide bonds. The molecule has 0 aromatic rings. The molecule has 1 N–H and O–H groups in total. The molecule has 0 aliphatic rings. The van der Waals surface area contributed by atoms with Crippen molar-refractivity contribution < 1.29 is 31.4 Å². The molecule has 8 heteroatoms. The van der Waals surface area contributed by atoms with E-state index in [0.29, 0.717) is 0 Å². The smallest absolute Gasteiger partial charge is 0.395 e. The SMILES string of the molecule is CN(CCO)CC(C(F)(F)F)C(F)(F)F. The fraction of sp³-hybridized carbons (Fsp3) is 1.00. The molecule has 15 heavy (non-hydrogen) atoms. The first kappa shape index (κ1) is 14.5. The molecule has 0 spiro atoms. The number of likely N-dealkylation sites (N-methyl/N-ethyl adjacent to an activating group) is 1. The van der Waals surface area contributed by atoms with Crippen LogP contribution in [0.2, 0.25) is 0 Å². The van der Waals surface area contributed by atoms with Gasteiger partial charge in [-0.3, -0.25) is 0 Å². The van der Waals surface area contributed by atoms with E-state index in [9.17, 15) is 26.3 Å². The number of nitrogens with zero attached hydrogens (tertiary/aromatic N) is 1. The minimum atomic E-state index is -5.32. The maximum Gasteiger partial charge on any atom is 0.401 e. The van der Waals surface area contributed by atoms with Gasteiger partial charge in [-0.2, -0.15) is 26.3 Å². The van der Waals surface area contributed by atoms with Crippen molar-refractivity contribution in [3.05, 3.63) is 0 Å². The summed E-state index contributed by atoms with van der Waals surface area (Å²) < 4.78 is 72.0. The van der Waals surface area contributed by atoms with Gasteiger partial charge in [0.25, 0.3) is 0 Å². The normalized spacial score (nSPS) is 14.0. The summed E-state index contributed by atoms with van der Waals surface area (Å²) in [6.07, 6.45) is -10.6. The molecule has 0 heterocycles. The Morgan fingerprint density at radius 3 is 1.73 bits per heavy atom. The molecule has 0 aliphatic carbocycles. The third-order valence-corrected chi connectivity index (χ3v) is 1.77. The Balaban J connectivity index is 4.54. The van der Waals surface area contributed by atoms with Crippen molar-refractivity contribution in [1.29, 1.82) is 0 Å². The Bertz CT molecular complexity index is 175. The van der Waals surface area contributed by atoms with Crippen LogP contribution in [-0.4, -0.2) is 49.1 Å². The lowest BCUT2D eigenvalue weighted by atomic mass is 10.1. The lowest BCUT2D eigenvalue weighted by Crippen LogP contribution is -2.44. The first-order chi connectivity index (χ1) is 6.59. The van der Waals surface area contributed by atoms with Crippen molar-refractivity contribution in [2.75, 3.05) is 26.7 Å². The van der Waals surface area contributed by atoms with Gasteiger partial charge in [0.2, 0.25) is 0 Å². The van der Waals surface area contributed by atoms with Gasteiger partial charge in [0.15, 0.2) is 5.92 Å². The number of aliphatic hydroxyl groups is 1. The monoisotopic (exact) mass is 239 g/mol. The summed E-state index contributed by atoms with van der Waals surface area (Å²) in [6.45, 7) is -1.92. The van der Waals surface area contributed by atoms with Crippen LogP contribution < -0.4 is 0 Å². The van der Waals surface area contributed by atoms with Crippen molar-refractivity contribution in [3.63, 3.8) is 0 Å². The molecule has 0 unspecified atom stereocenters. The predicted molar refractivity (Wildman–Crippen MR) is 40.2 cm³/mol. The Labute approximate surface area is 82.5 Å². The number of halogens is 6. The van der Waals surface area contributed by atoms with Gasteiger partial charge in [-0.05, 0) is 7.05 Å². The average molecular weight is 239 g/mol. The van der Waals surface area contributed by atoms with Gasteiger partial charge in [0, 0.05) is 13.1 Å². The Kier molecular flexibility index (Phi) is 4.85. The Hall–Kier alpha value is -0.500. The number of alkyl halides is 6. The first-order valence-corrected chi connectivity index (χ1v) is 4.02. The molecular formula is C7H11F6NO. The van der Waals surface area contributed by atoms with Crippen LogP contribution in [0.3, 0.4) is 0 Å². The first-order valence-electron chi connectivity index (χ1n) is 4.02. The van der Waals surface area contributed by atoms with E-state index in [1.165, 1.54) is 0 Å².